The van der Waals surface area contributed by atoms with Gasteiger partial charge in [0, 0.05) is 44.8 Å². The lowest BCUT2D eigenvalue weighted by Gasteiger charge is -2.35. The van der Waals surface area contributed by atoms with Gasteiger partial charge in [-0.15, -0.1) is 10.2 Å². The van der Waals surface area contributed by atoms with Gasteiger partial charge in [-0.1, -0.05) is 17.7 Å². The number of hydrogen-bond donors (Lipinski definition) is 0. The van der Waals surface area contributed by atoms with Gasteiger partial charge in [-0.2, -0.15) is 0 Å². The maximum absolute atomic E-state index is 12.5. The number of amides is 1. The maximum Gasteiger partial charge on any atom is 0.247 e. The molecule has 28 heavy (non-hydrogen) atoms. The van der Waals surface area contributed by atoms with Gasteiger partial charge in [-0.3, -0.25) is 14.6 Å². The summed E-state index contributed by atoms with van der Waals surface area (Å²) >= 11 is 0. The van der Waals surface area contributed by atoms with Gasteiger partial charge in [-0.25, -0.2) is 0 Å². The first kappa shape index (κ1) is 19.0. The van der Waals surface area contributed by atoms with Gasteiger partial charge in [0.25, 0.3) is 0 Å². The molecule has 2 aliphatic heterocycles. The molecule has 1 aromatic carbocycles. The highest BCUT2D eigenvalue weighted by atomic mass is 16.5. The van der Waals surface area contributed by atoms with E-state index in [0.29, 0.717) is 24.9 Å². The minimum atomic E-state index is 0.209. The Morgan fingerprint density at radius 3 is 2.57 bits per heavy atom. The molecule has 2 saturated heterocycles. The number of aromatic nitrogens is 2. The van der Waals surface area contributed by atoms with Crippen molar-refractivity contribution >= 4 is 5.91 Å². The molecule has 2 aromatic rings. The summed E-state index contributed by atoms with van der Waals surface area (Å²) in [6.45, 7) is 9.37. The minimum Gasteiger partial charge on any atom is -0.419 e. The Balaban J connectivity index is 1.26. The fourth-order valence-corrected chi connectivity index (χ4v) is 3.61. The maximum atomic E-state index is 12.5. The Hall–Kier alpha value is -2.29. The number of rotatable bonds is 5. The smallest absolute Gasteiger partial charge is 0.247 e. The number of ether oxygens (including phenoxy) is 1. The summed E-state index contributed by atoms with van der Waals surface area (Å²) in [7, 11) is 0. The first-order valence-electron chi connectivity index (χ1n) is 9.87. The van der Waals surface area contributed by atoms with E-state index in [2.05, 4.69) is 20.0 Å². The van der Waals surface area contributed by atoms with Gasteiger partial charge >= 0.3 is 0 Å². The van der Waals surface area contributed by atoms with Crippen LogP contribution < -0.4 is 0 Å². The first-order valence-corrected chi connectivity index (χ1v) is 9.87. The van der Waals surface area contributed by atoms with Crippen LogP contribution in [0.3, 0.4) is 0 Å². The molecule has 4 rings (SSSR count). The Bertz CT molecular complexity index is 795. The highest BCUT2D eigenvalue weighted by Gasteiger charge is 2.24. The Morgan fingerprint density at radius 2 is 1.82 bits per heavy atom. The van der Waals surface area contributed by atoms with Crippen LogP contribution in [0.15, 0.2) is 28.7 Å². The van der Waals surface area contributed by atoms with E-state index in [1.54, 1.807) is 0 Å². The second kappa shape index (κ2) is 8.81. The molecule has 0 bridgehead atoms. The summed E-state index contributed by atoms with van der Waals surface area (Å²) in [5.41, 5.74) is 2.10. The number of carbonyl (C=O) groups is 1. The molecular formula is C20H27N5O3. The molecule has 0 N–H and O–H groups in total. The summed E-state index contributed by atoms with van der Waals surface area (Å²) in [6.07, 6.45) is 0. The van der Waals surface area contributed by atoms with Crippen molar-refractivity contribution in [2.75, 3.05) is 59.0 Å². The van der Waals surface area contributed by atoms with Crippen LogP contribution in [0.25, 0.3) is 11.5 Å². The zero-order valence-corrected chi connectivity index (χ0v) is 16.3. The molecule has 0 atom stereocenters. The number of morpholine rings is 1. The van der Waals surface area contributed by atoms with Crippen LogP contribution in [0.2, 0.25) is 0 Å². The fraction of sp³-hybridized carbons (Fsp3) is 0.550. The average Bonchev–Trinajstić information content (AvgIpc) is 3.18. The second-order valence-electron chi connectivity index (χ2n) is 7.42. The summed E-state index contributed by atoms with van der Waals surface area (Å²) in [6, 6.07) is 8.04. The largest absolute Gasteiger partial charge is 0.419 e. The first-order chi connectivity index (χ1) is 13.7. The molecule has 3 heterocycles. The SMILES string of the molecule is Cc1cccc(-c2nnc(CN3CCN(C(=O)CN4CCOCC4)CC3)o2)c1. The lowest BCUT2D eigenvalue weighted by atomic mass is 10.1. The highest BCUT2D eigenvalue weighted by Crippen LogP contribution is 2.19. The number of carbonyl (C=O) groups excluding carboxylic acids is 1. The van der Waals surface area contributed by atoms with Crippen LogP contribution in [-0.2, 0) is 16.1 Å². The zero-order valence-electron chi connectivity index (χ0n) is 16.3. The topological polar surface area (TPSA) is 74.9 Å². The molecule has 0 spiro atoms. The molecule has 2 fully saturated rings. The van der Waals surface area contributed by atoms with Crippen molar-refractivity contribution in [2.24, 2.45) is 0 Å². The highest BCUT2D eigenvalue weighted by molar-refractivity contribution is 5.78. The van der Waals surface area contributed by atoms with Crippen molar-refractivity contribution < 1.29 is 13.9 Å². The molecule has 1 amide bonds. The van der Waals surface area contributed by atoms with E-state index in [9.17, 15) is 4.79 Å². The molecule has 0 radical (unpaired) electrons. The molecule has 8 heteroatoms. The van der Waals surface area contributed by atoms with E-state index in [-0.39, 0.29) is 5.91 Å². The summed E-state index contributed by atoms with van der Waals surface area (Å²) in [5, 5.41) is 8.37. The normalized spacial score (nSPS) is 19.1. The van der Waals surface area contributed by atoms with Crippen molar-refractivity contribution in [1.82, 2.24) is 24.9 Å². The third-order valence-electron chi connectivity index (χ3n) is 5.28. The molecule has 8 nitrogen and oxygen atoms in total. The van der Waals surface area contributed by atoms with E-state index in [1.165, 1.54) is 0 Å². The molecule has 150 valence electrons. The molecule has 0 aliphatic carbocycles. The fourth-order valence-electron chi connectivity index (χ4n) is 3.61. The Kier molecular flexibility index (Phi) is 5.99. The molecule has 0 unspecified atom stereocenters. The lowest BCUT2D eigenvalue weighted by Crippen LogP contribution is -2.52. The summed E-state index contributed by atoms with van der Waals surface area (Å²) in [4.78, 5) is 18.9. The van der Waals surface area contributed by atoms with E-state index in [1.807, 2.05) is 36.1 Å². The number of aryl methyl sites for hydroxylation is 1. The van der Waals surface area contributed by atoms with Crippen molar-refractivity contribution in [3.05, 3.63) is 35.7 Å². The van der Waals surface area contributed by atoms with Gasteiger partial charge in [-0.05, 0) is 19.1 Å². The van der Waals surface area contributed by atoms with Crippen LogP contribution in [0.5, 0.6) is 0 Å². The molecule has 0 saturated carbocycles. The van der Waals surface area contributed by atoms with Crippen LogP contribution >= 0.6 is 0 Å². The molecule has 1 aromatic heterocycles. The standard InChI is InChI=1S/C20H27N5O3/c1-16-3-2-4-17(13-16)20-22-21-18(28-20)14-23-5-7-25(8-6-23)19(26)15-24-9-11-27-12-10-24/h2-4,13H,5-12,14-15H2,1H3. The molecule has 2 aliphatic rings. The lowest BCUT2D eigenvalue weighted by molar-refractivity contribution is -0.135. The van der Waals surface area contributed by atoms with Crippen molar-refractivity contribution in [1.29, 1.82) is 0 Å². The van der Waals surface area contributed by atoms with Gasteiger partial charge in [0.2, 0.25) is 17.7 Å². The molecular weight excluding hydrogens is 358 g/mol. The average molecular weight is 385 g/mol. The number of hydrogen-bond acceptors (Lipinski definition) is 7. The van der Waals surface area contributed by atoms with Gasteiger partial charge in [0.1, 0.15) is 0 Å². The number of piperazine rings is 1. The predicted octanol–water partition coefficient (Wildman–Crippen LogP) is 1.02. The minimum absolute atomic E-state index is 0.209. The van der Waals surface area contributed by atoms with E-state index < -0.39 is 0 Å². The van der Waals surface area contributed by atoms with E-state index in [4.69, 9.17) is 9.15 Å². The van der Waals surface area contributed by atoms with Crippen LogP contribution in [0, 0.1) is 6.92 Å². The van der Waals surface area contributed by atoms with Gasteiger partial charge < -0.3 is 14.1 Å². The van der Waals surface area contributed by atoms with E-state index >= 15 is 0 Å². The van der Waals surface area contributed by atoms with Crippen LogP contribution in [0.1, 0.15) is 11.5 Å². The van der Waals surface area contributed by atoms with Crippen molar-refractivity contribution in [3.63, 3.8) is 0 Å². The van der Waals surface area contributed by atoms with Gasteiger partial charge in [0.15, 0.2) is 0 Å². The van der Waals surface area contributed by atoms with E-state index in [0.717, 1.165) is 63.6 Å². The van der Waals surface area contributed by atoms with Crippen LogP contribution in [0.4, 0.5) is 0 Å². The number of benzene rings is 1. The summed E-state index contributed by atoms with van der Waals surface area (Å²) < 4.78 is 11.2. The summed E-state index contributed by atoms with van der Waals surface area (Å²) in [5.74, 6) is 1.38. The second-order valence-corrected chi connectivity index (χ2v) is 7.42. The van der Waals surface area contributed by atoms with Crippen molar-refractivity contribution in [2.45, 2.75) is 13.5 Å². The number of nitrogens with zero attached hydrogens (tertiary/aromatic N) is 5. The quantitative estimate of drug-likeness (QED) is 0.761. The van der Waals surface area contributed by atoms with Gasteiger partial charge in [0.05, 0.1) is 26.3 Å². The third kappa shape index (κ3) is 4.76. The monoisotopic (exact) mass is 385 g/mol. The third-order valence-corrected chi connectivity index (χ3v) is 5.28. The Morgan fingerprint density at radius 1 is 1.04 bits per heavy atom. The van der Waals surface area contributed by atoms with Crippen LogP contribution in [-0.4, -0.2) is 89.8 Å². The van der Waals surface area contributed by atoms with Crippen molar-refractivity contribution in [3.8, 4) is 11.5 Å². The zero-order chi connectivity index (χ0) is 19.3. The Labute approximate surface area is 165 Å². The predicted molar refractivity (Wildman–Crippen MR) is 104 cm³/mol.